The lowest BCUT2D eigenvalue weighted by Gasteiger charge is -2.11. The Labute approximate surface area is 102 Å². The fourth-order valence-corrected chi connectivity index (χ4v) is 1.84. The molecule has 0 aliphatic carbocycles. The zero-order valence-corrected chi connectivity index (χ0v) is 9.36. The van der Waals surface area contributed by atoms with Gasteiger partial charge in [-0.3, -0.25) is 0 Å². The van der Waals surface area contributed by atoms with Gasteiger partial charge in [0.1, 0.15) is 11.3 Å². The summed E-state index contributed by atoms with van der Waals surface area (Å²) in [6.07, 6.45) is -0.974. The number of benzene rings is 2. The molecule has 1 aromatic heterocycles. The van der Waals surface area contributed by atoms with E-state index in [1.807, 2.05) is 24.3 Å². The first-order valence-electron chi connectivity index (χ1n) is 5.49. The molecule has 3 rings (SSSR count). The van der Waals surface area contributed by atoms with E-state index in [0.717, 1.165) is 5.52 Å². The highest BCUT2D eigenvalue weighted by Crippen LogP contribution is 2.19. The monoisotopic (exact) mass is 243 g/mol. The van der Waals surface area contributed by atoms with E-state index in [9.17, 15) is 9.50 Å². The summed E-state index contributed by atoms with van der Waals surface area (Å²) in [6.45, 7) is 0. The van der Waals surface area contributed by atoms with Gasteiger partial charge >= 0.3 is 0 Å². The van der Waals surface area contributed by atoms with Crippen LogP contribution in [0.2, 0.25) is 0 Å². The summed E-state index contributed by atoms with van der Waals surface area (Å²) in [5.41, 5.74) is 2.00. The number of fused-ring (bicyclic) bond motifs is 1. The van der Waals surface area contributed by atoms with Gasteiger partial charge in [0.05, 0.1) is 5.52 Å². The molecule has 0 bridgehead atoms. The van der Waals surface area contributed by atoms with Crippen molar-refractivity contribution >= 4 is 11.0 Å². The van der Waals surface area contributed by atoms with Crippen LogP contribution in [0.5, 0.6) is 0 Å². The van der Waals surface area contributed by atoms with E-state index in [0.29, 0.717) is 11.1 Å². The van der Waals surface area contributed by atoms with Gasteiger partial charge < -0.3 is 5.11 Å². The third-order valence-corrected chi connectivity index (χ3v) is 2.78. The summed E-state index contributed by atoms with van der Waals surface area (Å²) in [6, 6.07) is 13.0. The summed E-state index contributed by atoms with van der Waals surface area (Å²) in [5.74, 6) is -0.339. The summed E-state index contributed by atoms with van der Waals surface area (Å²) in [4.78, 5) is 0. The predicted molar refractivity (Wildman–Crippen MR) is 64.3 cm³/mol. The number of rotatable bonds is 2. The maximum Gasteiger partial charge on any atom is 0.175 e. The van der Waals surface area contributed by atoms with Crippen LogP contribution >= 0.6 is 0 Å². The fraction of sp³-hybridized carbons (Fsp3) is 0.0769. The van der Waals surface area contributed by atoms with Gasteiger partial charge in [0.25, 0.3) is 0 Å². The van der Waals surface area contributed by atoms with Crippen molar-refractivity contribution in [1.82, 2.24) is 15.0 Å². The lowest BCUT2D eigenvalue weighted by atomic mass is 10.2. The molecule has 1 heterocycles. The Kier molecular flexibility index (Phi) is 2.53. The third kappa shape index (κ3) is 1.74. The highest BCUT2D eigenvalue weighted by atomic mass is 19.1. The predicted octanol–water partition coefficient (Wildman–Crippen LogP) is 2.11. The van der Waals surface area contributed by atoms with E-state index in [2.05, 4.69) is 10.3 Å². The van der Waals surface area contributed by atoms with E-state index in [1.165, 1.54) is 28.9 Å². The van der Waals surface area contributed by atoms with Crippen molar-refractivity contribution in [3.05, 3.63) is 59.9 Å². The van der Waals surface area contributed by atoms with E-state index < -0.39 is 6.23 Å². The molecule has 0 saturated carbocycles. The van der Waals surface area contributed by atoms with Gasteiger partial charge in [0.15, 0.2) is 6.23 Å². The average molecular weight is 243 g/mol. The molecule has 0 aliphatic rings. The number of aliphatic hydroxyl groups excluding tert-OH is 1. The number of aromatic nitrogens is 3. The van der Waals surface area contributed by atoms with E-state index >= 15 is 0 Å². The SMILES string of the molecule is OC(c1ccc(F)cc1)n1nnc2ccccc21. The molecule has 0 amide bonds. The molecule has 0 radical (unpaired) electrons. The molecule has 4 nitrogen and oxygen atoms in total. The quantitative estimate of drug-likeness (QED) is 0.750. The molecule has 0 fully saturated rings. The second kappa shape index (κ2) is 4.19. The smallest absolute Gasteiger partial charge is 0.175 e. The van der Waals surface area contributed by atoms with Gasteiger partial charge in [0, 0.05) is 5.56 Å². The Morgan fingerprint density at radius 3 is 2.56 bits per heavy atom. The van der Waals surface area contributed by atoms with Gasteiger partial charge in [-0.25, -0.2) is 9.07 Å². The molecule has 18 heavy (non-hydrogen) atoms. The average Bonchev–Trinajstić information content (AvgIpc) is 2.82. The Morgan fingerprint density at radius 2 is 1.78 bits per heavy atom. The molecule has 3 aromatic rings. The Morgan fingerprint density at radius 1 is 1.06 bits per heavy atom. The molecule has 0 aliphatic heterocycles. The van der Waals surface area contributed by atoms with Crippen LogP contribution in [0.1, 0.15) is 11.8 Å². The van der Waals surface area contributed by atoms with Crippen molar-refractivity contribution in [3.63, 3.8) is 0 Å². The highest BCUT2D eigenvalue weighted by molar-refractivity contribution is 5.74. The molecular formula is C13H10FN3O. The zero-order chi connectivity index (χ0) is 12.5. The first-order valence-corrected chi connectivity index (χ1v) is 5.49. The number of hydrogen-bond acceptors (Lipinski definition) is 3. The number of halogens is 1. The molecule has 90 valence electrons. The Balaban J connectivity index is 2.06. The largest absolute Gasteiger partial charge is 0.368 e. The minimum absolute atomic E-state index is 0.339. The van der Waals surface area contributed by atoms with Crippen LogP contribution < -0.4 is 0 Å². The summed E-state index contributed by atoms with van der Waals surface area (Å²) < 4.78 is 14.2. The Hall–Kier alpha value is -2.27. The van der Waals surface area contributed by atoms with Gasteiger partial charge in [-0.15, -0.1) is 5.10 Å². The maximum absolute atomic E-state index is 12.8. The molecule has 1 atom stereocenters. The minimum atomic E-state index is -0.974. The van der Waals surface area contributed by atoms with Crippen LogP contribution in [0, 0.1) is 5.82 Å². The molecule has 1 N–H and O–H groups in total. The van der Waals surface area contributed by atoms with Gasteiger partial charge in [-0.2, -0.15) is 0 Å². The number of nitrogens with zero attached hydrogens (tertiary/aromatic N) is 3. The van der Waals surface area contributed by atoms with Gasteiger partial charge in [-0.1, -0.05) is 29.5 Å². The fourth-order valence-electron chi connectivity index (χ4n) is 1.84. The van der Waals surface area contributed by atoms with Gasteiger partial charge in [-0.05, 0) is 24.3 Å². The van der Waals surface area contributed by atoms with Crippen molar-refractivity contribution in [2.24, 2.45) is 0 Å². The first kappa shape index (κ1) is 10.9. The lowest BCUT2D eigenvalue weighted by molar-refractivity contribution is 0.134. The van der Waals surface area contributed by atoms with E-state index in [4.69, 9.17) is 0 Å². The first-order chi connectivity index (χ1) is 8.75. The Bertz CT molecular complexity index is 678. The summed E-state index contributed by atoms with van der Waals surface area (Å²) >= 11 is 0. The highest BCUT2D eigenvalue weighted by Gasteiger charge is 2.14. The summed E-state index contributed by atoms with van der Waals surface area (Å²) in [7, 11) is 0. The lowest BCUT2D eigenvalue weighted by Crippen LogP contribution is -2.11. The van der Waals surface area contributed by atoms with Crippen LogP contribution in [0.3, 0.4) is 0 Å². The van der Waals surface area contributed by atoms with Crippen LogP contribution in [0.4, 0.5) is 4.39 Å². The molecular weight excluding hydrogens is 233 g/mol. The van der Waals surface area contributed by atoms with Crippen LogP contribution in [-0.2, 0) is 0 Å². The third-order valence-electron chi connectivity index (χ3n) is 2.78. The van der Waals surface area contributed by atoms with Crippen molar-refractivity contribution in [1.29, 1.82) is 0 Å². The summed E-state index contributed by atoms with van der Waals surface area (Å²) in [5, 5.41) is 18.1. The topological polar surface area (TPSA) is 50.9 Å². The number of aliphatic hydroxyl groups is 1. The van der Waals surface area contributed by atoms with E-state index in [-0.39, 0.29) is 5.82 Å². The molecule has 2 aromatic carbocycles. The van der Waals surface area contributed by atoms with Crippen LogP contribution in [0.25, 0.3) is 11.0 Å². The van der Waals surface area contributed by atoms with Crippen molar-refractivity contribution < 1.29 is 9.50 Å². The standard InChI is InChI=1S/C13H10FN3O/c14-10-7-5-9(6-8-10)13(18)17-12-4-2-1-3-11(12)15-16-17/h1-8,13,18H. The van der Waals surface area contributed by atoms with E-state index in [1.54, 1.807) is 0 Å². The molecule has 0 saturated heterocycles. The number of para-hydroxylation sites is 1. The van der Waals surface area contributed by atoms with Crippen LogP contribution in [-0.4, -0.2) is 20.1 Å². The zero-order valence-electron chi connectivity index (χ0n) is 9.36. The molecule has 1 unspecified atom stereocenters. The van der Waals surface area contributed by atoms with Gasteiger partial charge in [0.2, 0.25) is 0 Å². The minimum Gasteiger partial charge on any atom is -0.368 e. The van der Waals surface area contributed by atoms with Crippen molar-refractivity contribution in [2.45, 2.75) is 6.23 Å². The normalized spacial score (nSPS) is 12.8. The second-order valence-electron chi connectivity index (χ2n) is 3.95. The molecule has 5 heteroatoms. The second-order valence-corrected chi connectivity index (χ2v) is 3.95. The van der Waals surface area contributed by atoms with Crippen molar-refractivity contribution in [3.8, 4) is 0 Å². The van der Waals surface area contributed by atoms with Crippen LogP contribution in [0.15, 0.2) is 48.5 Å². The van der Waals surface area contributed by atoms with Crippen molar-refractivity contribution in [2.75, 3.05) is 0 Å². The maximum atomic E-state index is 12.8. The number of hydrogen-bond donors (Lipinski definition) is 1. The molecule has 0 spiro atoms.